The lowest BCUT2D eigenvalue weighted by Gasteiger charge is -2.17. The van der Waals surface area contributed by atoms with Crippen molar-refractivity contribution in [3.63, 3.8) is 0 Å². The Hall–Kier alpha value is -1.60. The van der Waals surface area contributed by atoms with Gasteiger partial charge >= 0.3 is 0 Å². The third-order valence-corrected chi connectivity index (χ3v) is 4.67. The molecule has 1 aromatic rings. The van der Waals surface area contributed by atoms with E-state index in [0.29, 0.717) is 19.4 Å². The molecule has 1 aromatic carbocycles. The van der Waals surface area contributed by atoms with Gasteiger partial charge in [-0.25, -0.2) is 17.1 Å². The van der Waals surface area contributed by atoms with Crippen LogP contribution in [0.5, 0.6) is 5.75 Å². The van der Waals surface area contributed by atoms with Gasteiger partial charge in [0.15, 0.2) is 11.6 Å². The Kier molecular flexibility index (Phi) is 5.52. The predicted molar refractivity (Wildman–Crippen MR) is 76.6 cm³/mol. The molecule has 0 aliphatic heterocycles. The lowest BCUT2D eigenvalue weighted by molar-refractivity contribution is 0.387. The molecule has 1 rings (SSSR count). The summed E-state index contributed by atoms with van der Waals surface area (Å²) in [7, 11) is -1.06. The number of nitrogen functional groups attached to an aromatic ring is 1. The van der Waals surface area contributed by atoms with Crippen molar-refractivity contribution in [2.24, 2.45) is 0 Å². The summed E-state index contributed by atoms with van der Waals surface area (Å²) in [4.78, 5) is -0.186. The molecule has 0 aromatic heterocycles. The van der Waals surface area contributed by atoms with Crippen LogP contribution in [0.15, 0.2) is 29.7 Å². The fraction of sp³-hybridized carbons (Fsp3) is 0.385. The Morgan fingerprint density at radius 3 is 2.65 bits per heavy atom. The number of ether oxygens (including phenoxy) is 1. The van der Waals surface area contributed by atoms with E-state index in [1.165, 1.54) is 20.2 Å². The van der Waals surface area contributed by atoms with Crippen LogP contribution in [-0.2, 0) is 10.0 Å². The molecule has 0 unspecified atom stereocenters. The lowest BCUT2D eigenvalue weighted by Crippen LogP contribution is -2.28. The van der Waals surface area contributed by atoms with Crippen LogP contribution in [0.25, 0.3) is 0 Å². The van der Waals surface area contributed by atoms with Gasteiger partial charge in [0.25, 0.3) is 0 Å². The van der Waals surface area contributed by atoms with Gasteiger partial charge in [-0.15, -0.1) is 6.58 Å². The van der Waals surface area contributed by atoms with Crippen LogP contribution in [0.3, 0.4) is 0 Å². The molecule has 0 saturated heterocycles. The number of unbranched alkanes of at least 4 members (excludes halogenated alkanes) is 1. The minimum absolute atomic E-state index is 0.0504. The lowest BCUT2D eigenvalue weighted by atomic mass is 10.3. The van der Waals surface area contributed by atoms with E-state index in [0.717, 1.165) is 10.4 Å². The van der Waals surface area contributed by atoms with Gasteiger partial charge < -0.3 is 10.5 Å². The Bertz CT molecular complexity index is 564. The van der Waals surface area contributed by atoms with Gasteiger partial charge in [0.2, 0.25) is 10.0 Å². The van der Waals surface area contributed by atoms with Crippen molar-refractivity contribution in [1.82, 2.24) is 4.31 Å². The second kappa shape index (κ2) is 6.71. The number of nitrogens with two attached hydrogens (primary N) is 1. The van der Waals surface area contributed by atoms with Gasteiger partial charge in [-0.3, -0.25) is 0 Å². The third-order valence-electron chi connectivity index (χ3n) is 2.84. The molecule has 0 saturated carbocycles. The molecule has 0 fully saturated rings. The topological polar surface area (TPSA) is 72.6 Å². The van der Waals surface area contributed by atoms with Gasteiger partial charge in [-0.2, -0.15) is 0 Å². The van der Waals surface area contributed by atoms with E-state index in [-0.39, 0.29) is 16.3 Å². The maximum Gasteiger partial charge on any atom is 0.242 e. The normalized spacial score (nSPS) is 11.6. The first-order valence-corrected chi connectivity index (χ1v) is 7.48. The van der Waals surface area contributed by atoms with Crippen molar-refractivity contribution < 1.29 is 17.5 Å². The van der Waals surface area contributed by atoms with Crippen LogP contribution < -0.4 is 10.5 Å². The van der Waals surface area contributed by atoms with Crippen LogP contribution in [0, 0.1) is 5.82 Å². The minimum atomic E-state index is -3.77. The zero-order chi connectivity index (χ0) is 15.3. The fourth-order valence-corrected chi connectivity index (χ4v) is 2.97. The van der Waals surface area contributed by atoms with E-state index in [2.05, 4.69) is 6.58 Å². The van der Waals surface area contributed by atoms with Crippen molar-refractivity contribution in [3.8, 4) is 5.75 Å². The summed E-state index contributed by atoms with van der Waals surface area (Å²) in [5.74, 6) is -0.955. The molecule has 112 valence electrons. The van der Waals surface area contributed by atoms with Crippen LogP contribution >= 0.6 is 0 Å². The summed E-state index contributed by atoms with van der Waals surface area (Å²) in [6.45, 7) is 3.89. The quantitative estimate of drug-likeness (QED) is 0.475. The largest absolute Gasteiger partial charge is 0.492 e. The van der Waals surface area contributed by atoms with Crippen molar-refractivity contribution in [2.75, 3.05) is 26.4 Å². The molecule has 0 bridgehead atoms. The molecule has 0 radical (unpaired) electrons. The Labute approximate surface area is 118 Å². The van der Waals surface area contributed by atoms with Gasteiger partial charge in [0.1, 0.15) is 0 Å². The highest BCUT2D eigenvalue weighted by Crippen LogP contribution is 2.29. The number of nitrogens with zero attached hydrogens (tertiary/aromatic N) is 1. The number of hydrogen-bond donors (Lipinski definition) is 1. The maximum atomic E-state index is 13.7. The van der Waals surface area contributed by atoms with Gasteiger partial charge in [-0.05, 0) is 25.0 Å². The third kappa shape index (κ3) is 3.49. The zero-order valence-electron chi connectivity index (χ0n) is 11.6. The van der Waals surface area contributed by atoms with Crippen molar-refractivity contribution in [3.05, 3.63) is 30.6 Å². The second-order valence-corrected chi connectivity index (χ2v) is 6.33. The maximum absolute atomic E-state index is 13.7. The molecule has 0 spiro atoms. The molecule has 0 aliphatic rings. The average Bonchev–Trinajstić information content (AvgIpc) is 2.38. The van der Waals surface area contributed by atoms with Gasteiger partial charge in [-0.1, -0.05) is 6.08 Å². The molecular weight excluding hydrogens is 283 g/mol. The van der Waals surface area contributed by atoms with Crippen LogP contribution in [0.1, 0.15) is 12.8 Å². The van der Waals surface area contributed by atoms with Crippen LogP contribution in [0.4, 0.5) is 10.1 Å². The van der Waals surface area contributed by atoms with Gasteiger partial charge in [0.05, 0.1) is 17.7 Å². The van der Waals surface area contributed by atoms with Crippen LogP contribution in [-0.4, -0.2) is 33.4 Å². The first-order chi connectivity index (χ1) is 9.34. The number of benzene rings is 1. The first kappa shape index (κ1) is 16.5. The number of hydrogen-bond acceptors (Lipinski definition) is 4. The monoisotopic (exact) mass is 302 g/mol. The van der Waals surface area contributed by atoms with E-state index >= 15 is 0 Å². The second-order valence-electron chi connectivity index (χ2n) is 4.29. The number of halogens is 1. The number of sulfonamides is 1. The van der Waals surface area contributed by atoms with Gasteiger partial charge in [0, 0.05) is 13.6 Å². The number of methoxy groups -OCH3 is 1. The molecule has 5 nitrogen and oxygen atoms in total. The van der Waals surface area contributed by atoms with E-state index in [1.54, 1.807) is 6.08 Å². The molecule has 2 N–H and O–H groups in total. The molecule has 0 heterocycles. The summed E-state index contributed by atoms with van der Waals surface area (Å²) in [5.41, 5.74) is 5.54. The van der Waals surface area contributed by atoms with E-state index in [4.69, 9.17) is 10.5 Å². The predicted octanol–water partition coefficient (Wildman–Crippen LogP) is 2.00. The summed E-state index contributed by atoms with van der Waals surface area (Å²) in [6, 6.07) is 2.11. The average molecular weight is 302 g/mol. The Morgan fingerprint density at radius 1 is 1.50 bits per heavy atom. The highest BCUT2D eigenvalue weighted by Gasteiger charge is 2.23. The highest BCUT2D eigenvalue weighted by atomic mass is 32.2. The SMILES string of the molecule is C=CCCCN(C)S(=O)(=O)c1cc(N)c(OC)c(F)c1. The number of anilines is 1. The zero-order valence-corrected chi connectivity index (χ0v) is 12.4. The van der Waals surface area contributed by atoms with E-state index in [1.807, 2.05) is 0 Å². The molecule has 0 aliphatic carbocycles. The van der Waals surface area contributed by atoms with Crippen molar-refractivity contribution in [2.45, 2.75) is 17.7 Å². The number of rotatable bonds is 7. The summed E-state index contributed by atoms with van der Waals surface area (Å²) >= 11 is 0. The first-order valence-electron chi connectivity index (χ1n) is 6.04. The number of allylic oxidation sites excluding steroid dienone is 1. The van der Waals surface area contributed by atoms with Crippen molar-refractivity contribution in [1.29, 1.82) is 0 Å². The molecule has 0 amide bonds. The summed E-state index contributed by atoms with van der Waals surface area (Å²) in [6.07, 6.45) is 3.07. The van der Waals surface area contributed by atoms with E-state index < -0.39 is 15.8 Å². The molecule has 7 heteroatoms. The molecule has 20 heavy (non-hydrogen) atoms. The smallest absolute Gasteiger partial charge is 0.242 e. The van der Waals surface area contributed by atoms with E-state index in [9.17, 15) is 12.8 Å². The van der Waals surface area contributed by atoms with Crippen molar-refractivity contribution >= 4 is 15.7 Å². The molecule has 0 atom stereocenters. The highest BCUT2D eigenvalue weighted by molar-refractivity contribution is 7.89. The van der Waals surface area contributed by atoms with Crippen LogP contribution in [0.2, 0.25) is 0 Å². The molecular formula is C13H19FN2O3S. The Morgan fingerprint density at radius 2 is 2.15 bits per heavy atom. The summed E-state index contributed by atoms with van der Waals surface area (Å²) < 4.78 is 44.2. The standard InChI is InChI=1S/C13H19FN2O3S/c1-4-5-6-7-16(2)20(17,18)10-8-11(14)13(19-3)12(15)9-10/h4,8-9H,1,5-7,15H2,2-3H3. The Balaban J connectivity index is 3.06. The fourth-order valence-electron chi connectivity index (χ4n) is 1.71. The summed E-state index contributed by atoms with van der Waals surface area (Å²) in [5, 5.41) is 0. The minimum Gasteiger partial charge on any atom is -0.492 e.